The number of carboxylic acid groups (broad SMARTS) is 1. The molecule has 76 valence electrons. The first-order chi connectivity index (χ1) is 6.22. The maximum Gasteiger partial charge on any atom is 0.320 e. The van der Waals surface area contributed by atoms with E-state index in [4.69, 9.17) is 9.84 Å². The van der Waals surface area contributed by atoms with Crippen molar-refractivity contribution >= 4 is 5.97 Å². The number of nitrogens with one attached hydrogen (secondary N) is 1. The molecular formula is C9H17NO3. The van der Waals surface area contributed by atoms with Crippen molar-refractivity contribution < 1.29 is 14.6 Å². The van der Waals surface area contributed by atoms with E-state index in [9.17, 15) is 4.79 Å². The van der Waals surface area contributed by atoms with Crippen LogP contribution in [0.25, 0.3) is 0 Å². The highest BCUT2D eigenvalue weighted by Gasteiger charge is 2.12. The Labute approximate surface area is 78.6 Å². The molecule has 4 heteroatoms. The van der Waals surface area contributed by atoms with Crippen LogP contribution in [0.2, 0.25) is 0 Å². The SMILES string of the molecule is C=COCCCNC(CC)C(=O)O. The summed E-state index contributed by atoms with van der Waals surface area (Å²) in [6.45, 7) is 6.47. The molecule has 0 aromatic carbocycles. The van der Waals surface area contributed by atoms with Crippen LogP contribution in [0.4, 0.5) is 0 Å². The molecule has 0 amide bonds. The summed E-state index contributed by atoms with van der Waals surface area (Å²) in [6.07, 6.45) is 2.77. The van der Waals surface area contributed by atoms with Gasteiger partial charge in [-0.15, -0.1) is 0 Å². The van der Waals surface area contributed by atoms with E-state index in [-0.39, 0.29) is 0 Å². The Morgan fingerprint density at radius 1 is 1.77 bits per heavy atom. The van der Waals surface area contributed by atoms with Gasteiger partial charge in [0.25, 0.3) is 0 Å². The van der Waals surface area contributed by atoms with Gasteiger partial charge in [0.2, 0.25) is 0 Å². The third kappa shape index (κ3) is 6.16. The molecule has 13 heavy (non-hydrogen) atoms. The number of ether oxygens (including phenoxy) is 1. The third-order valence-electron chi connectivity index (χ3n) is 1.65. The van der Waals surface area contributed by atoms with Crippen molar-refractivity contribution in [2.24, 2.45) is 0 Å². The normalized spacial score (nSPS) is 12.1. The Hall–Kier alpha value is -1.03. The summed E-state index contributed by atoms with van der Waals surface area (Å²) in [6, 6.07) is -0.441. The lowest BCUT2D eigenvalue weighted by molar-refractivity contribution is -0.139. The lowest BCUT2D eigenvalue weighted by Gasteiger charge is -2.11. The van der Waals surface area contributed by atoms with Crippen LogP contribution in [0.15, 0.2) is 12.8 Å². The minimum Gasteiger partial charge on any atom is -0.502 e. The molecule has 1 unspecified atom stereocenters. The Morgan fingerprint density at radius 3 is 2.92 bits per heavy atom. The average Bonchev–Trinajstić information content (AvgIpc) is 2.10. The molecule has 1 atom stereocenters. The summed E-state index contributed by atoms with van der Waals surface area (Å²) in [5.41, 5.74) is 0. The van der Waals surface area contributed by atoms with Gasteiger partial charge in [0, 0.05) is 0 Å². The second kappa shape index (κ2) is 7.61. The summed E-state index contributed by atoms with van der Waals surface area (Å²) in [5.74, 6) is -0.799. The van der Waals surface area contributed by atoms with Gasteiger partial charge in [0.15, 0.2) is 0 Å². The van der Waals surface area contributed by atoms with Crippen molar-refractivity contribution in [3.8, 4) is 0 Å². The first-order valence-corrected chi connectivity index (χ1v) is 4.41. The predicted molar refractivity (Wildman–Crippen MR) is 50.5 cm³/mol. The molecule has 0 aliphatic heterocycles. The second-order valence-corrected chi connectivity index (χ2v) is 2.64. The highest BCUT2D eigenvalue weighted by molar-refractivity contribution is 5.73. The Kier molecular flexibility index (Phi) is 7.01. The van der Waals surface area contributed by atoms with Gasteiger partial charge in [0.1, 0.15) is 6.04 Å². The smallest absolute Gasteiger partial charge is 0.320 e. The maximum atomic E-state index is 10.5. The first-order valence-electron chi connectivity index (χ1n) is 4.41. The van der Waals surface area contributed by atoms with Gasteiger partial charge in [-0.3, -0.25) is 4.79 Å². The number of hydrogen-bond donors (Lipinski definition) is 2. The highest BCUT2D eigenvalue weighted by Crippen LogP contribution is 1.91. The zero-order valence-electron chi connectivity index (χ0n) is 7.95. The Balaban J connectivity index is 3.38. The molecule has 0 rings (SSSR count). The van der Waals surface area contributed by atoms with Crippen LogP contribution in [0.3, 0.4) is 0 Å². The van der Waals surface area contributed by atoms with E-state index in [0.717, 1.165) is 6.42 Å². The predicted octanol–water partition coefficient (Wildman–Crippen LogP) is 0.989. The molecule has 0 aromatic heterocycles. The Bertz CT molecular complexity index is 159. The minimum absolute atomic E-state index is 0.441. The zero-order chi connectivity index (χ0) is 10.1. The summed E-state index contributed by atoms with van der Waals surface area (Å²) in [5, 5.41) is 11.6. The van der Waals surface area contributed by atoms with E-state index in [0.29, 0.717) is 19.6 Å². The van der Waals surface area contributed by atoms with Crippen LogP contribution in [0, 0.1) is 0 Å². The molecule has 0 spiro atoms. The molecule has 0 heterocycles. The van der Waals surface area contributed by atoms with Crippen LogP contribution < -0.4 is 5.32 Å². The largest absolute Gasteiger partial charge is 0.502 e. The van der Waals surface area contributed by atoms with E-state index in [1.165, 1.54) is 6.26 Å². The van der Waals surface area contributed by atoms with E-state index in [1.807, 2.05) is 6.92 Å². The van der Waals surface area contributed by atoms with Crippen LogP contribution in [0.1, 0.15) is 19.8 Å². The lowest BCUT2D eigenvalue weighted by Crippen LogP contribution is -2.36. The fourth-order valence-electron chi connectivity index (χ4n) is 0.921. The summed E-state index contributed by atoms with van der Waals surface area (Å²) in [4.78, 5) is 10.5. The van der Waals surface area contributed by atoms with Crippen molar-refractivity contribution in [1.82, 2.24) is 5.32 Å². The number of rotatable bonds is 8. The molecule has 4 nitrogen and oxygen atoms in total. The monoisotopic (exact) mass is 187 g/mol. The maximum absolute atomic E-state index is 10.5. The van der Waals surface area contributed by atoms with E-state index < -0.39 is 12.0 Å². The van der Waals surface area contributed by atoms with Crippen molar-refractivity contribution in [3.63, 3.8) is 0 Å². The number of carbonyl (C=O) groups is 1. The molecule has 2 N–H and O–H groups in total. The molecule has 0 radical (unpaired) electrons. The molecular weight excluding hydrogens is 170 g/mol. The minimum atomic E-state index is -0.799. The number of aliphatic carboxylic acids is 1. The van der Waals surface area contributed by atoms with Gasteiger partial charge in [-0.05, 0) is 19.4 Å². The van der Waals surface area contributed by atoms with Gasteiger partial charge in [0.05, 0.1) is 12.9 Å². The molecule has 0 saturated heterocycles. The fourth-order valence-corrected chi connectivity index (χ4v) is 0.921. The van der Waals surface area contributed by atoms with E-state index in [1.54, 1.807) is 0 Å². The van der Waals surface area contributed by atoms with Gasteiger partial charge in [-0.25, -0.2) is 0 Å². The van der Waals surface area contributed by atoms with Crippen LogP contribution in [-0.4, -0.2) is 30.3 Å². The second-order valence-electron chi connectivity index (χ2n) is 2.64. The van der Waals surface area contributed by atoms with Crippen LogP contribution in [0.5, 0.6) is 0 Å². The lowest BCUT2D eigenvalue weighted by atomic mass is 10.2. The molecule has 0 aliphatic rings. The van der Waals surface area contributed by atoms with Gasteiger partial charge in [-0.1, -0.05) is 13.5 Å². The van der Waals surface area contributed by atoms with Crippen LogP contribution in [-0.2, 0) is 9.53 Å². The van der Waals surface area contributed by atoms with Crippen LogP contribution >= 0.6 is 0 Å². The summed E-state index contributed by atoms with van der Waals surface area (Å²) >= 11 is 0. The average molecular weight is 187 g/mol. The first kappa shape index (κ1) is 12.0. The highest BCUT2D eigenvalue weighted by atomic mass is 16.5. The van der Waals surface area contributed by atoms with Gasteiger partial charge < -0.3 is 15.2 Å². The van der Waals surface area contributed by atoms with Crippen molar-refractivity contribution in [3.05, 3.63) is 12.8 Å². The third-order valence-corrected chi connectivity index (χ3v) is 1.65. The molecule has 0 aromatic rings. The topological polar surface area (TPSA) is 58.6 Å². The van der Waals surface area contributed by atoms with Crippen molar-refractivity contribution in [1.29, 1.82) is 0 Å². The van der Waals surface area contributed by atoms with Gasteiger partial charge >= 0.3 is 5.97 Å². The van der Waals surface area contributed by atoms with E-state index in [2.05, 4.69) is 11.9 Å². The van der Waals surface area contributed by atoms with E-state index >= 15 is 0 Å². The van der Waals surface area contributed by atoms with Crippen molar-refractivity contribution in [2.75, 3.05) is 13.2 Å². The fraction of sp³-hybridized carbons (Fsp3) is 0.667. The molecule has 0 saturated carbocycles. The quantitative estimate of drug-likeness (QED) is 0.439. The molecule has 0 fully saturated rings. The number of carboxylic acids is 1. The molecule has 0 aliphatic carbocycles. The van der Waals surface area contributed by atoms with Gasteiger partial charge in [-0.2, -0.15) is 0 Å². The molecule has 0 bridgehead atoms. The summed E-state index contributed by atoms with van der Waals surface area (Å²) < 4.78 is 4.89. The number of hydrogen-bond acceptors (Lipinski definition) is 3. The standard InChI is InChI=1S/C9H17NO3/c1-3-8(9(11)12)10-6-5-7-13-4-2/h4,8,10H,2-3,5-7H2,1H3,(H,11,12). The Morgan fingerprint density at radius 2 is 2.46 bits per heavy atom. The zero-order valence-corrected chi connectivity index (χ0v) is 7.95. The summed E-state index contributed by atoms with van der Waals surface area (Å²) in [7, 11) is 0. The van der Waals surface area contributed by atoms with Crippen molar-refractivity contribution in [2.45, 2.75) is 25.8 Å².